The number of aromatic nitrogens is 4. The molecule has 53 heavy (non-hydrogen) atoms. The number of carbonyl (C=O) groups is 4. The molecule has 4 aromatic carbocycles. The Morgan fingerprint density at radius 3 is 1.79 bits per heavy atom. The lowest BCUT2D eigenvalue weighted by atomic mass is 10.1. The summed E-state index contributed by atoms with van der Waals surface area (Å²) in [4.78, 5) is 78.8. The minimum absolute atomic E-state index is 0.0517. The van der Waals surface area contributed by atoms with E-state index < -0.39 is 58.9 Å². The monoisotopic (exact) mass is 712 g/mol. The first-order valence-electron chi connectivity index (χ1n) is 16.3. The summed E-state index contributed by atoms with van der Waals surface area (Å²) in [6.45, 7) is -0.221. The van der Waals surface area contributed by atoms with Crippen LogP contribution in [-0.4, -0.2) is 67.0 Å². The van der Waals surface area contributed by atoms with Gasteiger partial charge in [-0.25, -0.2) is 19.5 Å². The maximum Gasteiger partial charge on any atom is 0.473 e. The summed E-state index contributed by atoms with van der Waals surface area (Å²) >= 11 is 0. The minimum atomic E-state index is -1.20. The number of nitro groups is 1. The van der Waals surface area contributed by atoms with Gasteiger partial charge in [0.05, 0.1) is 17.2 Å². The second-order valence-electron chi connectivity index (χ2n) is 11.8. The average molecular weight is 713 g/mol. The molecule has 15 heteroatoms. The number of imidazole rings is 1. The van der Waals surface area contributed by atoms with Crippen LogP contribution in [0.2, 0.25) is 0 Å². The zero-order chi connectivity index (χ0) is 36.9. The normalized spacial score (nSPS) is 16.5. The van der Waals surface area contributed by atoms with E-state index in [1.54, 1.807) is 97.1 Å². The van der Waals surface area contributed by atoms with Crippen LogP contribution in [0.3, 0.4) is 0 Å². The van der Waals surface area contributed by atoms with Crippen molar-refractivity contribution in [3.05, 3.63) is 160 Å². The van der Waals surface area contributed by atoms with Crippen LogP contribution in [0.15, 0.2) is 128 Å². The van der Waals surface area contributed by atoms with Gasteiger partial charge in [0.2, 0.25) is 5.65 Å². The van der Waals surface area contributed by atoms with Crippen molar-refractivity contribution in [2.24, 2.45) is 0 Å². The molecule has 6 aromatic rings. The molecular weight excluding hydrogens is 684 g/mol. The van der Waals surface area contributed by atoms with E-state index in [2.05, 4.69) is 15.0 Å². The van der Waals surface area contributed by atoms with Gasteiger partial charge >= 0.3 is 17.9 Å². The summed E-state index contributed by atoms with van der Waals surface area (Å²) in [6, 6.07) is 32.3. The number of ether oxygens (including phenoxy) is 3. The molecule has 0 radical (unpaired) electrons. The van der Waals surface area contributed by atoms with Crippen molar-refractivity contribution in [3.63, 3.8) is 0 Å². The molecule has 3 atom stereocenters. The third-order valence-electron chi connectivity index (χ3n) is 8.31. The van der Waals surface area contributed by atoms with Gasteiger partial charge < -0.3 is 24.3 Å². The van der Waals surface area contributed by atoms with Gasteiger partial charge in [-0.2, -0.15) is 0 Å². The maximum absolute atomic E-state index is 14.0. The molecule has 0 aliphatic carbocycles. The van der Waals surface area contributed by atoms with Crippen molar-refractivity contribution in [2.45, 2.75) is 24.9 Å². The van der Waals surface area contributed by atoms with Crippen molar-refractivity contribution in [2.75, 3.05) is 11.5 Å². The van der Waals surface area contributed by atoms with E-state index in [4.69, 9.17) is 14.2 Å². The Labute approximate surface area is 300 Å². The van der Waals surface area contributed by atoms with Crippen LogP contribution in [0.5, 0.6) is 0 Å². The number of nitrogens with zero attached hydrogens (tertiary/aromatic N) is 6. The van der Waals surface area contributed by atoms with Crippen LogP contribution in [0.1, 0.15) is 54.1 Å². The van der Waals surface area contributed by atoms with Crippen LogP contribution in [0.4, 0.5) is 11.8 Å². The van der Waals surface area contributed by atoms with Crippen LogP contribution in [0.25, 0.3) is 11.2 Å². The van der Waals surface area contributed by atoms with Gasteiger partial charge in [-0.05, 0) is 63.4 Å². The summed E-state index contributed by atoms with van der Waals surface area (Å²) in [5.74, 6) is -4.31. The number of anilines is 1. The number of hydrogen-bond donors (Lipinski definition) is 0. The number of rotatable bonds is 10. The predicted molar refractivity (Wildman–Crippen MR) is 187 cm³/mol. The van der Waals surface area contributed by atoms with E-state index in [1.165, 1.54) is 35.2 Å². The lowest BCUT2D eigenvalue weighted by molar-refractivity contribution is -0.394. The number of imide groups is 1. The van der Waals surface area contributed by atoms with Gasteiger partial charge in [0.25, 0.3) is 17.6 Å². The fourth-order valence-electron chi connectivity index (χ4n) is 5.80. The Balaban J connectivity index is 1.30. The molecule has 7 rings (SSSR count). The Morgan fingerprint density at radius 1 is 0.755 bits per heavy atom. The van der Waals surface area contributed by atoms with E-state index >= 15 is 0 Å². The predicted octanol–water partition coefficient (Wildman–Crippen LogP) is 5.59. The number of amides is 2. The number of carbonyl (C=O) groups excluding carboxylic acids is 4. The minimum Gasteiger partial charge on any atom is -0.459 e. The fourth-order valence-corrected chi connectivity index (χ4v) is 5.80. The van der Waals surface area contributed by atoms with Crippen molar-refractivity contribution in [1.29, 1.82) is 0 Å². The molecule has 0 bridgehead atoms. The van der Waals surface area contributed by atoms with Crippen LogP contribution < -0.4 is 4.90 Å². The maximum atomic E-state index is 14.0. The molecule has 1 fully saturated rings. The quantitative estimate of drug-likeness (QED) is 0.0743. The zero-order valence-corrected chi connectivity index (χ0v) is 27.6. The Kier molecular flexibility index (Phi) is 9.72. The highest BCUT2D eigenvalue weighted by atomic mass is 16.6. The molecule has 0 unspecified atom stereocenters. The Hall–Kier alpha value is -7.13. The van der Waals surface area contributed by atoms with E-state index in [9.17, 15) is 29.3 Å². The van der Waals surface area contributed by atoms with Crippen molar-refractivity contribution >= 4 is 46.7 Å². The van der Waals surface area contributed by atoms with E-state index in [1.807, 2.05) is 0 Å². The van der Waals surface area contributed by atoms with Crippen molar-refractivity contribution < 1.29 is 38.3 Å². The van der Waals surface area contributed by atoms with Gasteiger partial charge in [-0.1, -0.05) is 72.8 Å². The zero-order valence-electron chi connectivity index (χ0n) is 27.6. The summed E-state index contributed by atoms with van der Waals surface area (Å²) in [5, 5.41) is 12.3. The highest BCUT2D eigenvalue weighted by molar-refractivity contribution is 6.27. The number of hydrogen-bond acceptors (Lipinski definition) is 12. The first kappa shape index (κ1) is 34.3. The second kappa shape index (κ2) is 15.0. The first-order valence-corrected chi connectivity index (χ1v) is 16.3. The van der Waals surface area contributed by atoms with E-state index in [-0.39, 0.29) is 40.9 Å². The van der Waals surface area contributed by atoms with Crippen molar-refractivity contribution in [1.82, 2.24) is 19.5 Å². The van der Waals surface area contributed by atoms with Gasteiger partial charge in [0.1, 0.15) is 19.0 Å². The van der Waals surface area contributed by atoms with Gasteiger partial charge in [0.15, 0.2) is 11.7 Å². The summed E-state index contributed by atoms with van der Waals surface area (Å²) in [6.07, 6.45) is -1.75. The molecule has 0 saturated carbocycles. The first-order chi connectivity index (χ1) is 25.8. The third kappa shape index (κ3) is 7.22. The molecular formula is C38H28N6O9. The summed E-state index contributed by atoms with van der Waals surface area (Å²) in [7, 11) is 0. The molecule has 2 aromatic heterocycles. The third-order valence-corrected chi connectivity index (χ3v) is 8.31. The van der Waals surface area contributed by atoms with Crippen molar-refractivity contribution in [3.8, 4) is 0 Å². The molecule has 0 N–H and O–H groups in total. The van der Waals surface area contributed by atoms with Crippen LogP contribution in [-0.2, 0) is 14.2 Å². The second-order valence-corrected chi connectivity index (χ2v) is 11.8. The highest BCUT2D eigenvalue weighted by Gasteiger charge is 2.43. The summed E-state index contributed by atoms with van der Waals surface area (Å²) in [5.41, 5.74) is 0.443. The molecule has 1 saturated heterocycles. The summed E-state index contributed by atoms with van der Waals surface area (Å²) < 4.78 is 19.0. The standard InChI is InChI=1S/C38H28N6O9/c45-33(24-13-5-1-6-14-24)43(34(46)25-15-7-2-8-16-25)32-30-31(40-38(41-32)44(49)50)42(23-39-30)35-29(53-37(48)27-19-11-4-12-20-27)21-28(52-35)22-51-36(47)26-17-9-3-10-18-26/h1-20,23,28-29,35H,21-22H2/t28-,29+,35+/m0/s1. The number of fused-ring (bicyclic) bond motifs is 1. The fraction of sp³-hybridized carbons (Fsp3) is 0.132. The largest absolute Gasteiger partial charge is 0.473 e. The Morgan fingerprint density at radius 2 is 1.26 bits per heavy atom. The van der Waals surface area contributed by atoms with Gasteiger partial charge in [-0.3, -0.25) is 14.2 Å². The lowest BCUT2D eigenvalue weighted by Crippen LogP contribution is -2.38. The molecule has 1 aliphatic rings. The van der Waals surface area contributed by atoms with Crippen LogP contribution in [0, 0.1) is 10.1 Å². The smallest absolute Gasteiger partial charge is 0.459 e. The lowest BCUT2D eigenvalue weighted by Gasteiger charge is -2.20. The van der Waals surface area contributed by atoms with E-state index in [0.717, 1.165) is 0 Å². The van der Waals surface area contributed by atoms with E-state index in [0.29, 0.717) is 10.5 Å². The molecule has 2 amide bonds. The van der Waals surface area contributed by atoms with Crippen LogP contribution >= 0.6 is 0 Å². The molecule has 1 aliphatic heterocycles. The molecule has 3 heterocycles. The highest BCUT2D eigenvalue weighted by Crippen LogP contribution is 2.36. The number of esters is 2. The average Bonchev–Trinajstić information content (AvgIpc) is 3.81. The number of benzene rings is 4. The topological polar surface area (TPSA) is 186 Å². The van der Waals surface area contributed by atoms with Gasteiger partial charge in [-0.15, -0.1) is 0 Å². The Bertz CT molecular complexity index is 2250. The molecule has 0 spiro atoms. The van der Waals surface area contributed by atoms with Gasteiger partial charge in [0, 0.05) is 17.5 Å². The molecule has 15 nitrogen and oxygen atoms in total. The molecule has 264 valence electrons. The SMILES string of the molecule is O=C(OC[C@@H]1C[C@@H](OC(=O)c2ccccc2)[C@H](n2cnc3c(N(C(=O)c4ccccc4)C(=O)c4ccccc4)nc([N+](=O)[O-])nc32)O1)c1ccccc1.